The van der Waals surface area contributed by atoms with E-state index in [1.807, 2.05) is 67.6 Å². The minimum Gasteiger partial charge on any atom is -0.352 e. The third kappa shape index (κ3) is 4.90. The average Bonchev–Trinajstić information content (AvgIpc) is 2.85. The number of aryl methyl sites for hydroxylation is 2. The fraction of sp³-hybridized carbons (Fsp3) is 0.240. The van der Waals surface area contributed by atoms with E-state index in [1.54, 1.807) is 0 Å². The second-order valence-corrected chi connectivity index (χ2v) is 8.02. The molecule has 8 nitrogen and oxygen atoms in total. The van der Waals surface area contributed by atoms with E-state index in [0.717, 1.165) is 23.0 Å². The summed E-state index contributed by atoms with van der Waals surface area (Å²) in [4.78, 5) is 47.1. The fourth-order valence-electron chi connectivity index (χ4n) is 3.71. The van der Waals surface area contributed by atoms with Crippen molar-refractivity contribution >= 4 is 16.9 Å². The molecular weight excluding hydrogens is 418 g/mol. The summed E-state index contributed by atoms with van der Waals surface area (Å²) in [6, 6.07) is 19.2. The molecule has 33 heavy (non-hydrogen) atoms. The molecule has 2 aromatic carbocycles. The zero-order chi connectivity index (χ0) is 23.4. The Bertz CT molecular complexity index is 1390. The number of fused-ring (bicyclic) bond motifs is 1. The lowest BCUT2D eigenvalue weighted by Gasteiger charge is -2.15. The van der Waals surface area contributed by atoms with Crippen LogP contribution in [0.1, 0.15) is 18.9 Å². The van der Waals surface area contributed by atoms with Crippen molar-refractivity contribution in [3.63, 3.8) is 0 Å². The molecule has 0 aliphatic heterocycles. The lowest BCUT2D eigenvalue weighted by Crippen LogP contribution is -2.45. The topological polar surface area (TPSA) is 98.9 Å². The van der Waals surface area contributed by atoms with Gasteiger partial charge in [-0.1, -0.05) is 60.7 Å². The van der Waals surface area contributed by atoms with Crippen molar-refractivity contribution in [3.8, 4) is 11.4 Å². The molecule has 0 radical (unpaired) electrons. The molecule has 0 fully saturated rings. The van der Waals surface area contributed by atoms with Gasteiger partial charge in [0.2, 0.25) is 5.91 Å². The number of carbonyl (C=O) groups is 1. The summed E-state index contributed by atoms with van der Waals surface area (Å²) in [6.45, 7) is 1.54. The molecule has 0 unspecified atom stereocenters. The number of nitrogens with one attached hydrogen (secondary N) is 1. The van der Waals surface area contributed by atoms with E-state index in [1.165, 1.54) is 23.4 Å². The van der Waals surface area contributed by atoms with Crippen molar-refractivity contribution in [3.05, 3.63) is 93.3 Å². The first-order valence-electron chi connectivity index (χ1n) is 10.8. The van der Waals surface area contributed by atoms with Gasteiger partial charge in [-0.15, -0.1) is 0 Å². The van der Waals surface area contributed by atoms with E-state index in [-0.39, 0.29) is 23.6 Å². The SMILES string of the molecule is C[C@@H](CCc1ccccc1)NC(=O)Cn1c(=O)c2cnc(-c3ccccc3)nc2n(C)c1=O. The summed E-state index contributed by atoms with van der Waals surface area (Å²) >= 11 is 0. The summed E-state index contributed by atoms with van der Waals surface area (Å²) in [7, 11) is 1.53. The zero-order valence-electron chi connectivity index (χ0n) is 18.6. The van der Waals surface area contributed by atoms with Gasteiger partial charge >= 0.3 is 5.69 Å². The monoisotopic (exact) mass is 443 g/mol. The van der Waals surface area contributed by atoms with Crippen molar-refractivity contribution in [1.82, 2.24) is 24.4 Å². The van der Waals surface area contributed by atoms with Crippen LogP contribution in [0.15, 0.2) is 76.4 Å². The molecule has 1 atom stereocenters. The molecule has 0 saturated heterocycles. The van der Waals surface area contributed by atoms with E-state index < -0.39 is 17.2 Å². The molecule has 4 aromatic rings. The lowest BCUT2D eigenvalue weighted by atomic mass is 10.1. The quantitative estimate of drug-likeness (QED) is 0.473. The third-order valence-electron chi connectivity index (χ3n) is 5.53. The average molecular weight is 444 g/mol. The summed E-state index contributed by atoms with van der Waals surface area (Å²) < 4.78 is 2.20. The van der Waals surface area contributed by atoms with Gasteiger partial charge < -0.3 is 5.32 Å². The molecule has 0 saturated carbocycles. The number of rotatable bonds is 7. The number of amides is 1. The highest BCUT2D eigenvalue weighted by Crippen LogP contribution is 2.15. The van der Waals surface area contributed by atoms with Crippen LogP contribution >= 0.6 is 0 Å². The molecule has 168 valence electrons. The maximum atomic E-state index is 13.0. The standard InChI is InChI=1S/C25H25N5O3/c1-17(13-14-18-9-5-3-6-10-18)27-21(31)16-30-24(32)20-15-26-22(19-11-7-4-8-12-19)28-23(20)29(2)25(30)33/h3-12,15,17H,13-14,16H2,1-2H3,(H,27,31)/t17-/m0/s1. The van der Waals surface area contributed by atoms with Crippen LogP contribution in [0.3, 0.4) is 0 Å². The van der Waals surface area contributed by atoms with Gasteiger partial charge in [0.25, 0.3) is 5.56 Å². The van der Waals surface area contributed by atoms with E-state index >= 15 is 0 Å². The number of benzene rings is 2. The lowest BCUT2D eigenvalue weighted by molar-refractivity contribution is -0.122. The Kier molecular flexibility index (Phi) is 6.44. The molecule has 2 heterocycles. The van der Waals surface area contributed by atoms with E-state index in [4.69, 9.17) is 0 Å². The first kappa shape index (κ1) is 22.1. The highest BCUT2D eigenvalue weighted by atomic mass is 16.2. The van der Waals surface area contributed by atoms with Crippen LogP contribution in [-0.2, 0) is 24.8 Å². The molecule has 2 aromatic heterocycles. The second-order valence-electron chi connectivity index (χ2n) is 8.02. The van der Waals surface area contributed by atoms with Crippen molar-refractivity contribution in [1.29, 1.82) is 0 Å². The van der Waals surface area contributed by atoms with Crippen LogP contribution in [0.4, 0.5) is 0 Å². The van der Waals surface area contributed by atoms with Gasteiger partial charge in [-0.25, -0.2) is 14.8 Å². The Morgan fingerprint density at radius 3 is 2.39 bits per heavy atom. The Balaban J connectivity index is 1.53. The Hall–Kier alpha value is -4.07. The number of aromatic nitrogens is 4. The third-order valence-corrected chi connectivity index (χ3v) is 5.53. The molecule has 0 aliphatic carbocycles. The normalized spacial score (nSPS) is 11.9. The Morgan fingerprint density at radius 1 is 1.03 bits per heavy atom. The van der Waals surface area contributed by atoms with Gasteiger partial charge in [0.15, 0.2) is 11.5 Å². The van der Waals surface area contributed by atoms with Crippen molar-refractivity contribution < 1.29 is 4.79 Å². The summed E-state index contributed by atoms with van der Waals surface area (Å²) in [5.74, 6) is 0.0242. The van der Waals surface area contributed by atoms with Crippen molar-refractivity contribution in [2.45, 2.75) is 32.4 Å². The molecule has 8 heteroatoms. The summed E-state index contributed by atoms with van der Waals surface area (Å²) in [5.41, 5.74) is 1.01. The van der Waals surface area contributed by atoms with Crippen LogP contribution in [0, 0.1) is 0 Å². The van der Waals surface area contributed by atoms with E-state index in [2.05, 4.69) is 15.3 Å². The zero-order valence-corrected chi connectivity index (χ0v) is 18.6. The second kappa shape index (κ2) is 9.60. The van der Waals surface area contributed by atoms with Crippen LogP contribution in [0.5, 0.6) is 0 Å². The number of hydrogen-bond donors (Lipinski definition) is 1. The molecule has 4 rings (SSSR count). The first-order valence-corrected chi connectivity index (χ1v) is 10.8. The molecule has 1 amide bonds. The predicted octanol–water partition coefficient (Wildman–Crippen LogP) is 2.29. The van der Waals surface area contributed by atoms with Gasteiger partial charge in [-0.3, -0.25) is 18.7 Å². The van der Waals surface area contributed by atoms with Crippen LogP contribution in [0.2, 0.25) is 0 Å². The van der Waals surface area contributed by atoms with Crippen LogP contribution in [-0.4, -0.2) is 31.1 Å². The minimum absolute atomic E-state index is 0.102. The first-order chi connectivity index (χ1) is 15.9. The number of carbonyl (C=O) groups excluding carboxylic acids is 1. The Labute approximate surface area is 190 Å². The molecule has 0 aliphatic rings. The highest BCUT2D eigenvalue weighted by Gasteiger charge is 2.17. The van der Waals surface area contributed by atoms with Gasteiger partial charge in [0.1, 0.15) is 11.9 Å². The van der Waals surface area contributed by atoms with E-state index in [9.17, 15) is 14.4 Å². The maximum Gasteiger partial charge on any atom is 0.332 e. The van der Waals surface area contributed by atoms with Gasteiger partial charge in [0.05, 0.1) is 0 Å². The molecule has 1 N–H and O–H groups in total. The number of nitrogens with zero attached hydrogens (tertiary/aromatic N) is 4. The fourth-order valence-corrected chi connectivity index (χ4v) is 3.71. The maximum absolute atomic E-state index is 13.0. The van der Waals surface area contributed by atoms with Gasteiger partial charge in [-0.05, 0) is 25.3 Å². The van der Waals surface area contributed by atoms with Crippen LogP contribution in [0.25, 0.3) is 22.4 Å². The predicted molar refractivity (Wildman–Crippen MR) is 127 cm³/mol. The molecule has 0 bridgehead atoms. The molecular formula is C25H25N5O3. The highest BCUT2D eigenvalue weighted by molar-refractivity contribution is 5.78. The van der Waals surface area contributed by atoms with Gasteiger partial charge in [0, 0.05) is 24.8 Å². The largest absolute Gasteiger partial charge is 0.352 e. The summed E-state index contributed by atoms with van der Waals surface area (Å²) in [5, 5.41) is 3.06. The van der Waals surface area contributed by atoms with E-state index in [0.29, 0.717) is 5.82 Å². The Morgan fingerprint density at radius 2 is 1.70 bits per heavy atom. The summed E-state index contributed by atoms with van der Waals surface area (Å²) in [6.07, 6.45) is 2.97. The molecule has 0 spiro atoms. The minimum atomic E-state index is -0.600. The van der Waals surface area contributed by atoms with Gasteiger partial charge in [-0.2, -0.15) is 0 Å². The number of hydrogen-bond acceptors (Lipinski definition) is 5. The van der Waals surface area contributed by atoms with Crippen molar-refractivity contribution in [2.75, 3.05) is 0 Å². The smallest absolute Gasteiger partial charge is 0.332 e. The van der Waals surface area contributed by atoms with Crippen LogP contribution < -0.4 is 16.6 Å². The van der Waals surface area contributed by atoms with Crippen molar-refractivity contribution in [2.24, 2.45) is 7.05 Å².